The van der Waals surface area contributed by atoms with Crippen molar-refractivity contribution in [1.82, 2.24) is 25.3 Å². The van der Waals surface area contributed by atoms with E-state index in [0.717, 1.165) is 49.9 Å². The van der Waals surface area contributed by atoms with Crippen LogP contribution in [0.25, 0.3) is 0 Å². The zero-order valence-electron chi connectivity index (χ0n) is 16.8. The minimum absolute atomic E-state index is 0.0463. The van der Waals surface area contributed by atoms with Crippen molar-refractivity contribution in [3.05, 3.63) is 47.8 Å². The van der Waals surface area contributed by atoms with Crippen LogP contribution in [0, 0.1) is 24.7 Å². The van der Waals surface area contributed by atoms with Crippen LogP contribution in [0.15, 0.2) is 41.3 Å². The standard InChI is InChI=1S/C21H29N5O2S/c1-15-8-12-18(13-9-15)29(27,28)24-21-17-11-10-16(14-17)19(21)6-4-2-3-5-7-20-22-25-26-23-20/h2,4,8-9,12-13,16-17,19,21,24H,3,5-7,10-11,14H2,1H3,(H,22,23,25,26)/t16-,17+,19+,21+/m1/s1. The Bertz CT molecular complexity index is 924. The largest absolute Gasteiger partial charge is 0.243 e. The van der Waals surface area contributed by atoms with Gasteiger partial charge in [-0.3, -0.25) is 0 Å². The van der Waals surface area contributed by atoms with E-state index in [2.05, 4.69) is 37.5 Å². The number of aromatic amines is 1. The SMILES string of the molecule is Cc1ccc(S(=O)(=O)N[C@H]2[C@H]3CC[C@H](C3)[C@@H]2CC=CCCCc2nnn[nH]2)cc1. The number of nitrogens with zero attached hydrogens (tertiary/aromatic N) is 3. The number of hydrogen-bond acceptors (Lipinski definition) is 5. The van der Waals surface area contributed by atoms with E-state index in [4.69, 9.17) is 0 Å². The van der Waals surface area contributed by atoms with E-state index < -0.39 is 10.0 Å². The molecule has 4 atom stereocenters. The summed E-state index contributed by atoms with van der Waals surface area (Å²) in [6.45, 7) is 1.96. The van der Waals surface area contributed by atoms with E-state index in [0.29, 0.717) is 22.6 Å². The molecule has 4 rings (SSSR count). The molecular weight excluding hydrogens is 386 g/mol. The van der Waals surface area contributed by atoms with Gasteiger partial charge in [0.15, 0.2) is 0 Å². The molecule has 2 fully saturated rings. The molecule has 2 aliphatic rings. The van der Waals surface area contributed by atoms with E-state index in [9.17, 15) is 8.42 Å². The molecular formula is C21H29N5O2S. The molecule has 29 heavy (non-hydrogen) atoms. The Balaban J connectivity index is 1.33. The van der Waals surface area contributed by atoms with Crippen LogP contribution in [0.4, 0.5) is 0 Å². The quantitative estimate of drug-likeness (QED) is 0.484. The molecule has 8 heteroatoms. The van der Waals surface area contributed by atoms with Gasteiger partial charge in [0.2, 0.25) is 10.0 Å². The number of tetrazole rings is 1. The van der Waals surface area contributed by atoms with Gasteiger partial charge >= 0.3 is 0 Å². The lowest BCUT2D eigenvalue weighted by atomic mass is 9.83. The highest BCUT2D eigenvalue weighted by Crippen LogP contribution is 2.50. The van der Waals surface area contributed by atoms with Crippen molar-refractivity contribution in [3.8, 4) is 0 Å². The van der Waals surface area contributed by atoms with E-state index in [-0.39, 0.29) is 6.04 Å². The summed E-state index contributed by atoms with van der Waals surface area (Å²) in [5, 5.41) is 13.8. The van der Waals surface area contributed by atoms with Gasteiger partial charge in [0.05, 0.1) is 4.90 Å². The van der Waals surface area contributed by atoms with Crippen LogP contribution in [0.3, 0.4) is 0 Å². The van der Waals surface area contributed by atoms with Gasteiger partial charge < -0.3 is 0 Å². The van der Waals surface area contributed by atoms with Crippen LogP contribution in [0.1, 0.15) is 49.9 Å². The monoisotopic (exact) mass is 415 g/mol. The first-order chi connectivity index (χ1) is 14.0. The molecule has 0 saturated heterocycles. The fraction of sp³-hybridized carbons (Fsp3) is 0.571. The molecule has 156 valence electrons. The number of aryl methyl sites for hydroxylation is 2. The second kappa shape index (κ2) is 8.75. The van der Waals surface area contributed by atoms with Crippen molar-refractivity contribution in [1.29, 1.82) is 0 Å². The van der Waals surface area contributed by atoms with Crippen LogP contribution in [0.5, 0.6) is 0 Å². The minimum atomic E-state index is -3.48. The number of hydrogen-bond donors (Lipinski definition) is 2. The summed E-state index contributed by atoms with van der Waals surface area (Å²) in [5.74, 6) is 2.31. The van der Waals surface area contributed by atoms with Crippen molar-refractivity contribution in [2.45, 2.75) is 62.8 Å². The lowest BCUT2D eigenvalue weighted by molar-refractivity contribution is 0.274. The first-order valence-corrected chi connectivity index (χ1v) is 12.0. The first-order valence-electron chi connectivity index (χ1n) is 10.5. The van der Waals surface area contributed by atoms with Gasteiger partial charge in [0.1, 0.15) is 5.82 Å². The Labute approximate surface area is 172 Å². The lowest BCUT2D eigenvalue weighted by Gasteiger charge is -2.31. The maximum Gasteiger partial charge on any atom is 0.240 e. The summed E-state index contributed by atoms with van der Waals surface area (Å²) in [4.78, 5) is 0.363. The molecule has 2 N–H and O–H groups in total. The maximum absolute atomic E-state index is 12.9. The van der Waals surface area contributed by atoms with E-state index >= 15 is 0 Å². The Morgan fingerprint density at radius 1 is 1.17 bits per heavy atom. The van der Waals surface area contributed by atoms with E-state index in [1.54, 1.807) is 12.1 Å². The molecule has 2 saturated carbocycles. The predicted molar refractivity (Wildman–Crippen MR) is 110 cm³/mol. The number of aromatic nitrogens is 4. The minimum Gasteiger partial charge on any atom is -0.243 e. The van der Waals surface area contributed by atoms with Gasteiger partial charge in [-0.2, -0.15) is 0 Å². The highest BCUT2D eigenvalue weighted by Gasteiger charge is 2.48. The Kier molecular flexibility index (Phi) is 6.10. The number of rotatable bonds is 9. The summed E-state index contributed by atoms with van der Waals surface area (Å²) in [7, 11) is -3.48. The zero-order valence-corrected chi connectivity index (χ0v) is 17.6. The number of unbranched alkanes of at least 4 members (excludes halogenated alkanes) is 1. The second-order valence-corrected chi connectivity index (χ2v) is 10.1. The van der Waals surface area contributed by atoms with Gasteiger partial charge in [-0.25, -0.2) is 18.2 Å². The molecule has 7 nitrogen and oxygen atoms in total. The number of benzene rings is 1. The first kappa shape index (κ1) is 20.2. The van der Waals surface area contributed by atoms with Crippen molar-refractivity contribution in [2.24, 2.45) is 17.8 Å². The summed E-state index contributed by atoms with van der Waals surface area (Å²) >= 11 is 0. The van der Waals surface area contributed by atoms with Gasteiger partial charge in [-0.1, -0.05) is 29.8 Å². The highest BCUT2D eigenvalue weighted by atomic mass is 32.2. The van der Waals surface area contributed by atoms with Crippen molar-refractivity contribution in [3.63, 3.8) is 0 Å². The number of allylic oxidation sites excluding steroid dienone is 2. The van der Waals surface area contributed by atoms with Gasteiger partial charge in [-0.05, 0) is 85.8 Å². The average Bonchev–Trinajstić information content (AvgIpc) is 3.43. The van der Waals surface area contributed by atoms with E-state index in [1.165, 1.54) is 6.42 Å². The third-order valence-electron chi connectivity index (χ3n) is 6.46. The summed E-state index contributed by atoms with van der Waals surface area (Å²) in [6, 6.07) is 7.15. The van der Waals surface area contributed by atoms with Crippen LogP contribution < -0.4 is 4.72 Å². The van der Waals surface area contributed by atoms with Crippen LogP contribution in [0.2, 0.25) is 0 Å². The molecule has 2 aromatic rings. The van der Waals surface area contributed by atoms with Crippen molar-refractivity contribution < 1.29 is 8.42 Å². The smallest absolute Gasteiger partial charge is 0.240 e. The van der Waals surface area contributed by atoms with Crippen LogP contribution >= 0.6 is 0 Å². The molecule has 0 spiro atoms. The average molecular weight is 416 g/mol. The van der Waals surface area contributed by atoms with Gasteiger partial charge in [0.25, 0.3) is 0 Å². The summed E-state index contributed by atoms with van der Waals surface area (Å²) < 4.78 is 28.9. The Morgan fingerprint density at radius 2 is 1.97 bits per heavy atom. The molecule has 1 aromatic heterocycles. The molecule has 2 bridgehead atoms. The van der Waals surface area contributed by atoms with Crippen LogP contribution in [-0.2, 0) is 16.4 Å². The summed E-state index contributed by atoms with van der Waals surface area (Å²) in [5.41, 5.74) is 1.06. The van der Waals surface area contributed by atoms with Crippen molar-refractivity contribution in [2.75, 3.05) is 0 Å². The van der Waals surface area contributed by atoms with Gasteiger partial charge in [0, 0.05) is 12.5 Å². The Morgan fingerprint density at radius 3 is 2.72 bits per heavy atom. The van der Waals surface area contributed by atoms with Crippen molar-refractivity contribution >= 4 is 10.0 Å². The second-order valence-electron chi connectivity index (χ2n) is 8.40. The fourth-order valence-electron chi connectivity index (χ4n) is 4.94. The molecule has 0 unspecified atom stereocenters. The van der Waals surface area contributed by atoms with Gasteiger partial charge in [-0.15, -0.1) is 5.10 Å². The number of fused-ring (bicyclic) bond motifs is 2. The summed E-state index contributed by atoms with van der Waals surface area (Å²) in [6.07, 6.45) is 11.7. The maximum atomic E-state index is 12.9. The molecule has 2 aliphatic carbocycles. The molecule has 0 amide bonds. The third-order valence-corrected chi connectivity index (χ3v) is 7.93. The number of sulfonamides is 1. The molecule has 0 aliphatic heterocycles. The van der Waals surface area contributed by atoms with E-state index in [1.807, 2.05) is 19.1 Å². The number of H-pyrrole nitrogens is 1. The third kappa shape index (κ3) is 4.75. The number of nitrogens with one attached hydrogen (secondary N) is 2. The normalized spacial score (nSPS) is 26.5. The molecule has 1 heterocycles. The van der Waals surface area contributed by atoms with Crippen LogP contribution in [-0.4, -0.2) is 35.1 Å². The highest BCUT2D eigenvalue weighted by molar-refractivity contribution is 7.89. The Hall–Kier alpha value is -2.06. The lowest BCUT2D eigenvalue weighted by Crippen LogP contribution is -2.43. The topological polar surface area (TPSA) is 101 Å². The zero-order chi connectivity index (χ0) is 20.3. The molecule has 0 radical (unpaired) electrons. The fourth-order valence-corrected chi connectivity index (χ4v) is 6.30. The predicted octanol–water partition coefficient (Wildman–Crippen LogP) is 3.17. The molecule has 1 aromatic carbocycles.